The minimum absolute atomic E-state index is 0.255. The van der Waals surface area contributed by atoms with Crippen LogP contribution in [0.2, 0.25) is 0 Å². The standard InChI is InChI=1S/C16H22FNO/c17-15-9-11(5-6-18)2-4-16(15)19-10-14-8-12-1-3-13(14)7-12/h2,4,9,12-14H,1,3,5-8,10,18H2. The van der Waals surface area contributed by atoms with E-state index in [4.69, 9.17) is 10.5 Å². The van der Waals surface area contributed by atoms with Gasteiger partial charge >= 0.3 is 0 Å². The van der Waals surface area contributed by atoms with Gasteiger partial charge in [-0.3, -0.25) is 0 Å². The molecule has 2 nitrogen and oxygen atoms in total. The van der Waals surface area contributed by atoms with E-state index in [2.05, 4.69) is 0 Å². The van der Waals surface area contributed by atoms with Crippen LogP contribution in [0.25, 0.3) is 0 Å². The third kappa shape index (κ3) is 2.76. The Hall–Kier alpha value is -1.09. The Morgan fingerprint density at radius 2 is 2.16 bits per heavy atom. The molecule has 0 radical (unpaired) electrons. The highest BCUT2D eigenvalue weighted by Crippen LogP contribution is 2.48. The Kier molecular flexibility index (Phi) is 3.74. The minimum atomic E-state index is -0.255. The minimum Gasteiger partial charge on any atom is -0.490 e. The fraction of sp³-hybridized carbons (Fsp3) is 0.625. The van der Waals surface area contributed by atoms with Crippen molar-refractivity contribution in [2.24, 2.45) is 23.5 Å². The third-order valence-corrected chi connectivity index (χ3v) is 4.77. The Balaban J connectivity index is 1.58. The van der Waals surface area contributed by atoms with Gasteiger partial charge in [-0.2, -0.15) is 0 Å². The Morgan fingerprint density at radius 1 is 1.26 bits per heavy atom. The van der Waals surface area contributed by atoms with Crippen molar-refractivity contribution in [1.82, 2.24) is 0 Å². The van der Waals surface area contributed by atoms with Crippen molar-refractivity contribution in [3.63, 3.8) is 0 Å². The lowest BCUT2D eigenvalue weighted by atomic mass is 9.89. The van der Waals surface area contributed by atoms with E-state index in [1.165, 1.54) is 25.7 Å². The molecule has 2 saturated carbocycles. The summed E-state index contributed by atoms with van der Waals surface area (Å²) in [5.74, 6) is 2.51. The molecule has 1 aromatic rings. The Labute approximate surface area is 114 Å². The molecule has 2 fully saturated rings. The number of benzene rings is 1. The number of hydrogen-bond acceptors (Lipinski definition) is 2. The van der Waals surface area contributed by atoms with Gasteiger partial charge in [0.2, 0.25) is 0 Å². The SMILES string of the molecule is NCCc1ccc(OCC2CC3CCC2C3)c(F)c1. The summed E-state index contributed by atoms with van der Waals surface area (Å²) in [7, 11) is 0. The van der Waals surface area contributed by atoms with E-state index in [0.29, 0.717) is 31.2 Å². The number of nitrogens with two attached hydrogens (primary N) is 1. The summed E-state index contributed by atoms with van der Waals surface area (Å²) < 4.78 is 19.6. The monoisotopic (exact) mass is 263 g/mol. The molecule has 3 rings (SSSR count). The molecule has 2 aliphatic carbocycles. The average Bonchev–Trinajstić information content (AvgIpc) is 3.00. The molecule has 3 heteroatoms. The molecule has 2 N–H and O–H groups in total. The molecule has 2 aliphatic rings. The molecule has 0 heterocycles. The predicted molar refractivity (Wildman–Crippen MR) is 73.6 cm³/mol. The zero-order valence-electron chi connectivity index (χ0n) is 11.3. The van der Waals surface area contributed by atoms with Crippen LogP contribution in [0.5, 0.6) is 5.75 Å². The van der Waals surface area contributed by atoms with E-state index in [1.807, 2.05) is 6.07 Å². The summed E-state index contributed by atoms with van der Waals surface area (Å²) in [6.45, 7) is 1.22. The lowest BCUT2D eigenvalue weighted by Gasteiger charge is -2.21. The van der Waals surface area contributed by atoms with Crippen molar-refractivity contribution in [2.45, 2.75) is 32.1 Å². The molecule has 0 aromatic heterocycles. The first-order chi connectivity index (χ1) is 9.26. The summed E-state index contributed by atoms with van der Waals surface area (Å²) in [6, 6.07) is 5.20. The zero-order valence-corrected chi connectivity index (χ0v) is 11.3. The van der Waals surface area contributed by atoms with Crippen molar-refractivity contribution >= 4 is 0 Å². The predicted octanol–water partition coefficient (Wildman–Crippen LogP) is 3.14. The summed E-state index contributed by atoms with van der Waals surface area (Å²) in [5, 5.41) is 0. The van der Waals surface area contributed by atoms with Crippen LogP contribution in [0.1, 0.15) is 31.2 Å². The van der Waals surface area contributed by atoms with E-state index < -0.39 is 0 Å². The van der Waals surface area contributed by atoms with E-state index >= 15 is 0 Å². The largest absolute Gasteiger partial charge is 0.490 e. The lowest BCUT2D eigenvalue weighted by Crippen LogP contribution is -2.18. The Morgan fingerprint density at radius 3 is 2.79 bits per heavy atom. The molecule has 0 spiro atoms. The first-order valence-corrected chi connectivity index (χ1v) is 7.37. The van der Waals surface area contributed by atoms with Crippen molar-refractivity contribution in [2.75, 3.05) is 13.2 Å². The maximum Gasteiger partial charge on any atom is 0.165 e. The number of rotatable bonds is 5. The average molecular weight is 263 g/mol. The second kappa shape index (κ2) is 5.49. The second-order valence-corrected chi connectivity index (χ2v) is 6.05. The van der Waals surface area contributed by atoms with Crippen molar-refractivity contribution < 1.29 is 9.13 Å². The van der Waals surface area contributed by atoms with Gasteiger partial charge in [0.15, 0.2) is 11.6 Å². The highest BCUT2D eigenvalue weighted by molar-refractivity contribution is 5.29. The van der Waals surface area contributed by atoms with Crippen LogP contribution in [0.4, 0.5) is 4.39 Å². The normalized spacial score (nSPS) is 28.8. The molecule has 0 aliphatic heterocycles. The van der Waals surface area contributed by atoms with Crippen molar-refractivity contribution in [1.29, 1.82) is 0 Å². The van der Waals surface area contributed by atoms with Crippen LogP contribution in [-0.2, 0) is 6.42 Å². The Bertz CT molecular complexity index is 448. The van der Waals surface area contributed by atoms with E-state index in [-0.39, 0.29) is 5.82 Å². The molecule has 3 unspecified atom stereocenters. The van der Waals surface area contributed by atoms with Crippen LogP contribution >= 0.6 is 0 Å². The van der Waals surface area contributed by atoms with Gasteiger partial charge in [-0.1, -0.05) is 12.5 Å². The topological polar surface area (TPSA) is 35.2 Å². The first kappa shape index (κ1) is 12.9. The molecule has 0 amide bonds. The summed E-state index contributed by atoms with van der Waals surface area (Å²) in [4.78, 5) is 0. The van der Waals surface area contributed by atoms with Crippen LogP contribution < -0.4 is 10.5 Å². The molecule has 3 atom stereocenters. The number of hydrogen-bond donors (Lipinski definition) is 1. The lowest BCUT2D eigenvalue weighted by molar-refractivity contribution is 0.189. The van der Waals surface area contributed by atoms with E-state index in [0.717, 1.165) is 17.4 Å². The number of ether oxygens (including phenoxy) is 1. The molecular weight excluding hydrogens is 241 g/mol. The molecule has 104 valence electrons. The second-order valence-electron chi connectivity index (χ2n) is 6.05. The first-order valence-electron chi connectivity index (χ1n) is 7.37. The van der Waals surface area contributed by atoms with Gasteiger partial charge in [0.1, 0.15) is 0 Å². The van der Waals surface area contributed by atoms with Crippen LogP contribution in [0.3, 0.4) is 0 Å². The van der Waals surface area contributed by atoms with Crippen molar-refractivity contribution in [3.8, 4) is 5.75 Å². The van der Waals surface area contributed by atoms with E-state index in [9.17, 15) is 4.39 Å². The molecule has 1 aromatic carbocycles. The van der Waals surface area contributed by atoms with Gasteiger partial charge in [-0.25, -0.2) is 4.39 Å². The summed E-state index contributed by atoms with van der Waals surface area (Å²) in [5.41, 5.74) is 6.41. The van der Waals surface area contributed by atoms with Gasteiger partial charge in [0.05, 0.1) is 6.61 Å². The molecular formula is C16H22FNO. The molecule has 0 saturated heterocycles. The van der Waals surface area contributed by atoms with Crippen LogP contribution in [-0.4, -0.2) is 13.2 Å². The van der Waals surface area contributed by atoms with Gasteiger partial charge in [0, 0.05) is 0 Å². The van der Waals surface area contributed by atoms with Crippen molar-refractivity contribution in [3.05, 3.63) is 29.6 Å². The maximum absolute atomic E-state index is 13.9. The highest BCUT2D eigenvalue weighted by Gasteiger charge is 2.39. The number of halogens is 1. The summed E-state index contributed by atoms with van der Waals surface area (Å²) >= 11 is 0. The summed E-state index contributed by atoms with van der Waals surface area (Å²) in [6.07, 6.45) is 6.09. The molecule has 2 bridgehead atoms. The fourth-order valence-corrected chi connectivity index (χ4v) is 3.76. The number of fused-ring (bicyclic) bond motifs is 2. The quantitative estimate of drug-likeness (QED) is 0.885. The maximum atomic E-state index is 13.9. The van der Waals surface area contributed by atoms with E-state index in [1.54, 1.807) is 12.1 Å². The van der Waals surface area contributed by atoms with Crippen LogP contribution in [0, 0.1) is 23.6 Å². The van der Waals surface area contributed by atoms with Crippen LogP contribution in [0.15, 0.2) is 18.2 Å². The smallest absolute Gasteiger partial charge is 0.165 e. The van der Waals surface area contributed by atoms with Gasteiger partial charge in [-0.05, 0) is 67.7 Å². The van der Waals surface area contributed by atoms with Gasteiger partial charge < -0.3 is 10.5 Å². The zero-order chi connectivity index (χ0) is 13.2. The molecule has 19 heavy (non-hydrogen) atoms. The fourth-order valence-electron chi connectivity index (χ4n) is 3.76. The highest BCUT2D eigenvalue weighted by atomic mass is 19.1. The van der Waals surface area contributed by atoms with Gasteiger partial charge in [0.25, 0.3) is 0 Å². The third-order valence-electron chi connectivity index (χ3n) is 4.77. The van der Waals surface area contributed by atoms with Gasteiger partial charge in [-0.15, -0.1) is 0 Å².